The Kier molecular flexibility index (Phi) is 12.7. The van der Waals surface area contributed by atoms with Gasteiger partial charge in [0, 0.05) is 5.41 Å². The molecule has 0 bridgehead atoms. The van der Waals surface area contributed by atoms with E-state index in [1.807, 2.05) is 27.7 Å². The molecular weight excluding hydrogens is 356 g/mol. The first-order valence-corrected chi connectivity index (χ1v) is 10.5. The molecule has 2 aromatic rings. The molecule has 2 aromatic carbocycles. The second-order valence-electron chi connectivity index (χ2n) is 7.26. The van der Waals surface area contributed by atoms with E-state index in [-0.39, 0.29) is 20.3 Å². The fourth-order valence-electron chi connectivity index (χ4n) is 4.85. The first-order valence-electron chi connectivity index (χ1n) is 10.5. The van der Waals surface area contributed by atoms with Crippen molar-refractivity contribution in [1.29, 1.82) is 0 Å². The maximum atomic E-state index is 9.69. The lowest BCUT2D eigenvalue weighted by atomic mass is 9.63. The lowest BCUT2D eigenvalue weighted by Gasteiger charge is -2.40. The molecule has 0 aromatic heterocycles. The predicted molar refractivity (Wildman–Crippen MR) is 130 cm³/mol. The van der Waals surface area contributed by atoms with E-state index in [2.05, 4.69) is 52.0 Å². The molecule has 1 saturated carbocycles. The molecular formula is C27H46O2. The van der Waals surface area contributed by atoms with Crippen molar-refractivity contribution in [3.8, 4) is 11.5 Å². The summed E-state index contributed by atoms with van der Waals surface area (Å²) in [6.07, 6.45) is 0. The first-order chi connectivity index (χ1) is 12.9. The molecule has 0 spiro atoms. The average molecular weight is 403 g/mol. The minimum absolute atomic E-state index is 0. The molecule has 29 heavy (non-hydrogen) atoms. The van der Waals surface area contributed by atoms with Crippen molar-refractivity contribution in [2.75, 3.05) is 0 Å². The zero-order valence-electron chi connectivity index (χ0n) is 18.3. The smallest absolute Gasteiger partial charge is 0.115 e. The van der Waals surface area contributed by atoms with Gasteiger partial charge in [-0.05, 0) is 59.1 Å². The summed E-state index contributed by atoms with van der Waals surface area (Å²) in [5.41, 5.74) is 2.40. The molecule has 2 N–H and O–H groups in total. The quantitative estimate of drug-likeness (QED) is 0.530. The third-order valence-electron chi connectivity index (χ3n) is 6.53. The van der Waals surface area contributed by atoms with Gasteiger partial charge >= 0.3 is 0 Å². The van der Waals surface area contributed by atoms with Gasteiger partial charge < -0.3 is 10.2 Å². The number of aromatic hydroxyl groups is 2. The van der Waals surface area contributed by atoms with Crippen molar-refractivity contribution in [1.82, 2.24) is 0 Å². The Labute approximate surface area is 181 Å². The molecule has 0 amide bonds. The number of phenols is 2. The van der Waals surface area contributed by atoms with Crippen molar-refractivity contribution < 1.29 is 10.2 Å². The maximum absolute atomic E-state index is 9.69. The van der Waals surface area contributed by atoms with Gasteiger partial charge in [0.25, 0.3) is 0 Å². The molecule has 0 aliphatic heterocycles. The summed E-state index contributed by atoms with van der Waals surface area (Å²) in [7, 11) is 0. The zero-order chi connectivity index (χ0) is 20.8. The topological polar surface area (TPSA) is 40.5 Å². The summed E-state index contributed by atoms with van der Waals surface area (Å²) < 4.78 is 0. The van der Waals surface area contributed by atoms with Gasteiger partial charge in [-0.2, -0.15) is 0 Å². The average Bonchev–Trinajstić information content (AvgIpc) is 2.88. The van der Waals surface area contributed by atoms with E-state index in [1.54, 1.807) is 24.3 Å². The third-order valence-corrected chi connectivity index (χ3v) is 6.53. The summed E-state index contributed by atoms with van der Waals surface area (Å²) in [5.74, 6) is 2.76. The molecule has 1 aliphatic rings. The van der Waals surface area contributed by atoms with Gasteiger partial charge in [-0.3, -0.25) is 0 Å². The summed E-state index contributed by atoms with van der Waals surface area (Å²) in [6.45, 7) is 17.4. The fourth-order valence-corrected chi connectivity index (χ4v) is 4.85. The second kappa shape index (κ2) is 12.6. The SMILES string of the molecule is C.C.CC.CC.CC1C(C)C(C)C(c2ccc(O)cc2)(c2ccc(O)cc2)C1C. The van der Waals surface area contributed by atoms with Crippen LogP contribution in [-0.2, 0) is 5.41 Å². The Morgan fingerprint density at radius 2 is 0.793 bits per heavy atom. The van der Waals surface area contributed by atoms with Crippen molar-refractivity contribution in [3.05, 3.63) is 59.7 Å². The molecule has 4 atom stereocenters. The molecule has 3 rings (SSSR count). The molecule has 0 radical (unpaired) electrons. The zero-order valence-corrected chi connectivity index (χ0v) is 18.3. The monoisotopic (exact) mass is 402 g/mol. The largest absolute Gasteiger partial charge is 0.508 e. The lowest BCUT2D eigenvalue weighted by molar-refractivity contribution is 0.305. The summed E-state index contributed by atoms with van der Waals surface area (Å²) >= 11 is 0. The highest BCUT2D eigenvalue weighted by Crippen LogP contribution is 2.58. The van der Waals surface area contributed by atoms with Crippen molar-refractivity contribution >= 4 is 0 Å². The number of benzene rings is 2. The van der Waals surface area contributed by atoms with E-state index in [9.17, 15) is 10.2 Å². The summed E-state index contributed by atoms with van der Waals surface area (Å²) in [4.78, 5) is 0. The van der Waals surface area contributed by atoms with Gasteiger partial charge in [0.2, 0.25) is 0 Å². The van der Waals surface area contributed by atoms with Crippen molar-refractivity contribution in [2.45, 2.75) is 75.7 Å². The molecule has 2 heteroatoms. The summed E-state index contributed by atoms with van der Waals surface area (Å²) in [5, 5.41) is 19.4. The number of hydrogen-bond acceptors (Lipinski definition) is 2. The molecule has 166 valence electrons. The third kappa shape index (κ3) is 5.15. The van der Waals surface area contributed by atoms with Crippen molar-refractivity contribution in [3.63, 3.8) is 0 Å². The number of phenolic OH excluding ortho intramolecular Hbond substituents is 2. The van der Waals surface area contributed by atoms with E-state index >= 15 is 0 Å². The van der Waals surface area contributed by atoms with Crippen molar-refractivity contribution in [2.24, 2.45) is 23.7 Å². The van der Waals surface area contributed by atoms with E-state index in [0.29, 0.717) is 35.2 Å². The van der Waals surface area contributed by atoms with E-state index in [4.69, 9.17) is 0 Å². The lowest BCUT2D eigenvalue weighted by Crippen LogP contribution is -2.37. The maximum Gasteiger partial charge on any atom is 0.115 e. The first kappa shape index (κ1) is 29.2. The minimum atomic E-state index is -0.0970. The van der Waals surface area contributed by atoms with Crippen LogP contribution in [-0.4, -0.2) is 10.2 Å². The fraction of sp³-hybridized carbons (Fsp3) is 0.556. The standard InChI is InChI=1S/C21H26O2.2C2H6.2CH4/c1-13-14(2)16(4)21(15(13)3,17-5-9-19(22)10-6-17)18-7-11-20(23)12-8-18;2*1-2;;/h5-16,22-23H,1-4H3;2*1-2H3;2*1H4. The highest BCUT2D eigenvalue weighted by molar-refractivity contribution is 5.46. The molecule has 0 heterocycles. The second-order valence-corrected chi connectivity index (χ2v) is 7.26. The number of rotatable bonds is 2. The van der Waals surface area contributed by atoms with Crippen LogP contribution in [0.3, 0.4) is 0 Å². The van der Waals surface area contributed by atoms with E-state index in [1.165, 1.54) is 11.1 Å². The highest BCUT2D eigenvalue weighted by Gasteiger charge is 2.54. The Bertz CT molecular complexity index is 611. The van der Waals surface area contributed by atoms with E-state index in [0.717, 1.165) is 0 Å². The Balaban J connectivity index is 0. The minimum Gasteiger partial charge on any atom is -0.508 e. The van der Waals surface area contributed by atoms with Crippen LogP contribution in [0.25, 0.3) is 0 Å². The molecule has 0 saturated heterocycles. The highest BCUT2D eigenvalue weighted by atomic mass is 16.3. The van der Waals surface area contributed by atoms with Gasteiger partial charge in [-0.15, -0.1) is 0 Å². The van der Waals surface area contributed by atoms with Crippen LogP contribution in [0.5, 0.6) is 11.5 Å². The molecule has 4 unspecified atom stereocenters. The molecule has 1 fully saturated rings. The molecule has 2 nitrogen and oxygen atoms in total. The van der Waals surface area contributed by atoms with Crippen LogP contribution in [0.2, 0.25) is 0 Å². The van der Waals surface area contributed by atoms with Crippen LogP contribution < -0.4 is 0 Å². The molecule has 1 aliphatic carbocycles. The Morgan fingerprint density at radius 3 is 1.03 bits per heavy atom. The number of hydrogen-bond donors (Lipinski definition) is 2. The van der Waals surface area contributed by atoms with Crippen LogP contribution in [0.1, 0.15) is 81.4 Å². The normalized spacial score (nSPS) is 23.9. The van der Waals surface area contributed by atoms with Crippen LogP contribution in [0.15, 0.2) is 48.5 Å². The van der Waals surface area contributed by atoms with E-state index < -0.39 is 0 Å². The van der Waals surface area contributed by atoms with Gasteiger partial charge in [0.05, 0.1) is 0 Å². The van der Waals surface area contributed by atoms with Gasteiger partial charge in [0.1, 0.15) is 11.5 Å². The summed E-state index contributed by atoms with van der Waals surface area (Å²) in [6, 6.07) is 15.4. The van der Waals surface area contributed by atoms with Gasteiger partial charge in [-0.1, -0.05) is 94.5 Å². The predicted octanol–water partition coefficient (Wildman–Crippen LogP) is 8.27. The Morgan fingerprint density at radius 1 is 0.552 bits per heavy atom. The van der Waals surface area contributed by atoms with Crippen LogP contribution in [0, 0.1) is 23.7 Å². The van der Waals surface area contributed by atoms with Gasteiger partial charge in [-0.25, -0.2) is 0 Å². The Hall–Kier alpha value is -1.96. The van der Waals surface area contributed by atoms with Crippen LogP contribution >= 0.6 is 0 Å². The van der Waals surface area contributed by atoms with Crippen LogP contribution in [0.4, 0.5) is 0 Å². The van der Waals surface area contributed by atoms with Gasteiger partial charge in [0.15, 0.2) is 0 Å².